The number of allylic oxidation sites excluding steroid dienone is 1. The van der Waals surface area contributed by atoms with Gasteiger partial charge >= 0.3 is 0 Å². The molecule has 68 valence electrons. The minimum Gasteiger partial charge on any atom is -0.508 e. The summed E-state index contributed by atoms with van der Waals surface area (Å²) in [5.41, 5.74) is 0.898. The molecule has 0 unspecified atom stereocenters. The molecule has 1 aliphatic rings. The summed E-state index contributed by atoms with van der Waals surface area (Å²) in [6.45, 7) is 0. The van der Waals surface area contributed by atoms with Gasteiger partial charge in [0, 0.05) is 11.5 Å². The SMILES string of the molecule is Oc1ccccc1[C@H]1C=C[C@@H](O)C1. The van der Waals surface area contributed by atoms with Crippen molar-refractivity contribution in [1.29, 1.82) is 0 Å². The van der Waals surface area contributed by atoms with Gasteiger partial charge in [0.25, 0.3) is 0 Å². The van der Waals surface area contributed by atoms with E-state index in [9.17, 15) is 10.2 Å². The number of benzene rings is 1. The van der Waals surface area contributed by atoms with Crippen molar-refractivity contribution in [2.24, 2.45) is 0 Å². The smallest absolute Gasteiger partial charge is 0.119 e. The monoisotopic (exact) mass is 176 g/mol. The Morgan fingerprint density at radius 3 is 2.54 bits per heavy atom. The second kappa shape index (κ2) is 3.23. The Labute approximate surface area is 77.1 Å². The molecule has 0 saturated heterocycles. The van der Waals surface area contributed by atoms with Crippen molar-refractivity contribution in [2.75, 3.05) is 0 Å². The number of phenols is 1. The summed E-state index contributed by atoms with van der Waals surface area (Å²) in [5, 5.41) is 18.8. The summed E-state index contributed by atoms with van der Waals surface area (Å²) in [6, 6.07) is 7.26. The molecule has 2 N–H and O–H groups in total. The maximum Gasteiger partial charge on any atom is 0.119 e. The maximum absolute atomic E-state index is 9.54. The van der Waals surface area contributed by atoms with E-state index in [1.807, 2.05) is 18.2 Å². The third kappa shape index (κ3) is 1.58. The fraction of sp³-hybridized carbons (Fsp3) is 0.273. The largest absolute Gasteiger partial charge is 0.508 e. The van der Waals surface area contributed by atoms with Crippen molar-refractivity contribution in [3.05, 3.63) is 42.0 Å². The highest BCUT2D eigenvalue weighted by Crippen LogP contribution is 2.33. The molecule has 0 radical (unpaired) electrons. The summed E-state index contributed by atoms with van der Waals surface area (Å²) in [7, 11) is 0. The van der Waals surface area contributed by atoms with E-state index in [0.717, 1.165) is 5.56 Å². The summed E-state index contributed by atoms with van der Waals surface area (Å²) in [4.78, 5) is 0. The van der Waals surface area contributed by atoms with Crippen molar-refractivity contribution >= 4 is 0 Å². The van der Waals surface area contributed by atoms with Gasteiger partial charge in [-0.25, -0.2) is 0 Å². The first-order chi connectivity index (χ1) is 6.27. The summed E-state index contributed by atoms with van der Waals surface area (Å²) < 4.78 is 0. The van der Waals surface area contributed by atoms with Crippen molar-refractivity contribution < 1.29 is 10.2 Å². The molecule has 2 heteroatoms. The lowest BCUT2D eigenvalue weighted by Gasteiger charge is -2.10. The fourth-order valence-corrected chi connectivity index (χ4v) is 1.71. The number of aliphatic hydroxyl groups is 1. The van der Waals surface area contributed by atoms with E-state index in [0.29, 0.717) is 12.2 Å². The Bertz CT molecular complexity index is 331. The number of aromatic hydroxyl groups is 1. The molecule has 1 aromatic carbocycles. The maximum atomic E-state index is 9.54. The van der Waals surface area contributed by atoms with Gasteiger partial charge in [0.1, 0.15) is 5.75 Å². The van der Waals surface area contributed by atoms with Crippen LogP contribution in [0.1, 0.15) is 17.9 Å². The van der Waals surface area contributed by atoms with Crippen LogP contribution in [0.3, 0.4) is 0 Å². The zero-order valence-corrected chi connectivity index (χ0v) is 7.22. The van der Waals surface area contributed by atoms with Crippen LogP contribution < -0.4 is 0 Å². The molecular formula is C11H12O2. The Kier molecular flexibility index (Phi) is 2.07. The minimum absolute atomic E-state index is 0.163. The number of hydrogen-bond donors (Lipinski definition) is 2. The van der Waals surface area contributed by atoms with Gasteiger partial charge in [-0.15, -0.1) is 0 Å². The summed E-state index contributed by atoms with van der Waals surface area (Å²) in [6.07, 6.45) is 4.04. The van der Waals surface area contributed by atoms with Gasteiger partial charge in [0.15, 0.2) is 0 Å². The molecular weight excluding hydrogens is 164 g/mol. The molecule has 0 aliphatic heterocycles. The Morgan fingerprint density at radius 1 is 1.15 bits per heavy atom. The zero-order chi connectivity index (χ0) is 9.26. The lowest BCUT2D eigenvalue weighted by atomic mass is 9.97. The van der Waals surface area contributed by atoms with E-state index in [1.165, 1.54) is 0 Å². The molecule has 0 bridgehead atoms. The number of rotatable bonds is 1. The standard InChI is InChI=1S/C11H12O2/c12-9-6-5-8(7-9)10-3-1-2-4-11(10)13/h1-6,8-9,12-13H,7H2/t8-,9+/m0/s1. The summed E-state index contributed by atoms with van der Waals surface area (Å²) >= 11 is 0. The van der Waals surface area contributed by atoms with Crippen LogP contribution in [0.2, 0.25) is 0 Å². The van der Waals surface area contributed by atoms with Crippen LogP contribution in [0.4, 0.5) is 0 Å². The van der Waals surface area contributed by atoms with Gasteiger partial charge in [-0.3, -0.25) is 0 Å². The normalized spacial score (nSPS) is 26.5. The Morgan fingerprint density at radius 2 is 1.92 bits per heavy atom. The van der Waals surface area contributed by atoms with Gasteiger partial charge in [0.05, 0.1) is 6.10 Å². The fourth-order valence-electron chi connectivity index (χ4n) is 1.71. The Balaban J connectivity index is 2.27. The van der Waals surface area contributed by atoms with Crippen LogP contribution in [0.5, 0.6) is 5.75 Å². The molecule has 2 atom stereocenters. The van der Waals surface area contributed by atoms with E-state index >= 15 is 0 Å². The number of para-hydroxylation sites is 1. The predicted molar refractivity (Wildman–Crippen MR) is 50.6 cm³/mol. The second-order valence-electron chi connectivity index (χ2n) is 3.35. The van der Waals surface area contributed by atoms with Crippen molar-refractivity contribution in [1.82, 2.24) is 0 Å². The van der Waals surface area contributed by atoms with Crippen molar-refractivity contribution in [3.63, 3.8) is 0 Å². The lowest BCUT2D eigenvalue weighted by Crippen LogP contribution is -2.00. The van der Waals surface area contributed by atoms with Gasteiger partial charge in [-0.05, 0) is 12.5 Å². The van der Waals surface area contributed by atoms with Crippen LogP contribution in [-0.4, -0.2) is 16.3 Å². The number of phenolic OH excluding ortho intramolecular Hbond substituents is 1. The molecule has 0 spiro atoms. The van der Waals surface area contributed by atoms with Crippen LogP contribution >= 0.6 is 0 Å². The molecule has 0 saturated carbocycles. The van der Waals surface area contributed by atoms with Crippen LogP contribution in [-0.2, 0) is 0 Å². The Hall–Kier alpha value is -1.28. The minimum atomic E-state index is -0.357. The van der Waals surface area contributed by atoms with Crippen LogP contribution in [0.15, 0.2) is 36.4 Å². The highest BCUT2D eigenvalue weighted by atomic mass is 16.3. The van der Waals surface area contributed by atoms with E-state index in [2.05, 4.69) is 0 Å². The van der Waals surface area contributed by atoms with E-state index in [-0.39, 0.29) is 12.0 Å². The third-order valence-electron chi connectivity index (χ3n) is 2.40. The molecule has 2 rings (SSSR count). The zero-order valence-electron chi connectivity index (χ0n) is 7.22. The lowest BCUT2D eigenvalue weighted by molar-refractivity contribution is 0.218. The molecule has 13 heavy (non-hydrogen) atoms. The first kappa shape index (κ1) is 8.32. The molecule has 2 nitrogen and oxygen atoms in total. The van der Waals surface area contributed by atoms with E-state index < -0.39 is 0 Å². The molecule has 1 aromatic rings. The van der Waals surface area contributed by atoms with E-state index in [1.54, 1.807) is 18.2 Å². The van der Waals surface area contributed by atoms with Crippen molar-refractivity contribution in [3.8, 4) is 5.75 Å². The van der Waals surface area contributed by atoms with Gasteiger partial charge in [0.2, 0.25) is 0 Å². The van der Waals surface area contributed by atoms with Crippen LogP contribution in [0, 0.1) is 0 Å². The van der Waals surface area contributed by atoms with Crippen LogP contribution in [0.25, 0.3) is 0 Å². The highest BCUT2D eigenvalue weighted by molar-refractivity contribution is 5.38. The average molecular weight is 176 g/mol. The second-order valence-corrected chi connectivity index (χ2v) is 3.35. The number of hydrogen-bond acceptors (Lipinski definition) is 2. The molecule has 1 aliphatic carbocycles. The molecule has 0 fully saturated rings. The quantitative estimate of drug-likeness (QED) is 0.640. The average Bonchev–Trinajstić information content (AvgIpc) is 2.53. The van der Waals surface area contributed by atoms with Gasteiger partial charge in [-0.2, -0.15) is 0 Å². The molecule has 0 amide bonds. The summed E-state index contributed by atoms with van der Waals surface area (Å²) in [5.74, 6) is 0.474. The molecule has 0 aromatic heterocycles. The van der Waals surface area contributed by atoms with Crippen molar-refractivity contribution in [2.45, 2.75) is 18.4 Å². The predicted octanol–water partition coefficient (Wildman–Crippen LogP) is 1.80. The first-order valence-corrected chi connectivity index (χ1v) is 4.41. The van der Waals surface area contributed by atoms with Gasteiger partial charge < -0.3 is 10.2 Å². The highest BCUT2D eigenvalue weighted by Gasteiger charge is 2.20. The topological polar surface area (TPSA) is 40.5 Å². The molecule has 0 heterocycles. The third-order valence-corrected chi connectivity index (χ3v) is 2.40. The first-order valence-electron chi connectivity index (χ1n) is 4.41. The van der Waals surface area contributed by atoms with E-state index in [4.69, 9.17) is 0 Å². The van der Waals surface area contributed by atoms with Gasteiger partial charge in [-0.1, -0.05) is 30.4 Å². The number of aliphatic hydroxyl groups excluding tert-OH is 1.